The van der Waals surface area contributed by atoms with Gasteiger partial charge >= 0.3 is 0 Å². The number of carbonyl (C=O) groups excluding carboxylic acids is 2. The quantitative estimate of drug-likeness (QED) is 0.845. The predicted molar refractivity (Wildman–Crippen MR) is 81.8 cm³/mol. The molecule has 1 atom stereocenters. The van der Waals surface area contributed by atoms with E-state index in [1.165, 1.54) is 11.1 Å². The lowest BCUT2D eigenvalue weighted by Crippen LogP contribution is -2.41. The molecule has 0 saturated heterocycles. The number of aryl methyl sites for hydroxylation is 1. The normalized spacial score (nSPS) is 17.2. The Bertz CT molecular complexity index is 516. The number of nitrogens with zero attached hydrogens (tertiary/aromatic N) is 1. The molecule has 21 heavy (non-hydrogen) atoms. The molecule has 2 amide bonds. The summed E-state index contributed by atoms with van der Waals surface area (Å²) in [6.07, 6.45) is 3.32. The van der Waals surface area contributed by atoms with Crippen molar-refractivity contribution in [3.63, 3.8) is 0 Å². The van der Waals surface area contributed by atoms with Gasteiger partial charge in [0.15, 0.2) is 0 Å². The molecule has 0 aromatic heterocycles. The second-order valence-electron chi connectivity index (χ2n) is 5.47. The summed E-state index contributed by atoms with van der Waals surface area (Å²) in [5.41, 5.74) is 2.71. The van der Waals surface area contributed by atoms with Gasteiger partial charge in [0.2, 0.25) is 11.8 Å². The van der Waals surface area contributed by atoms with E-state index in [-0.39, 0.29) is 24.4 Å². The summed E-state index contributed by atoms with van der Waals surface area (Å²) in [6.45, 7) is 0.334. The van der Waals surface area contributed by atoms with Crippen LogP contribution in [0, 0.1) is 0 Å². The summed E-state index contributed by atoms with van der Waals surface area (Å²) < 4.78 is 0. The first kappa shape index (κ1) is 15.5. The largest absolute Gasteiger partial charge is 0.358 e. The Balaban J connectivity index is 1.93. The van der Waals surface area contributed by atoms with Crippen LogP contribution in [0.15, 0.2) is 24.3 Å². The van der Waals surface area contributed by atoms with Crippen LogP contribution < -0.4 is 10.6 Å². The molecule has 5 nitrogen and oxygen atoms in total. The van der Waals surface area contributed by atoms with Crippen molar-refractivity contribution in [2.45, 2.75) is 25.3 Å². The molecule has 0 unspecified atom stereocenters. The number of benzene rings is 1. The molecule has 0 heterocycles. The molecule has 2 N–H and O–H groups in total. The van der Waals surface area contributed by atoms with Gasteiger partial charge < -0.3 is 10.6 Å². The Morgan fingerprint density at radius 3 is 2.81 bits per heavy atom. The minimum Gasteiger partial charge on any atom is -0.358 e. The molecule has 5 heteroatoms. The minimum absolute atomic E-state index is 0.0322. The Hall–Kier alpha value is -1.88. The zero-order valence-corrected chi connectivity index (χ0v) is 12.7. The third-order valence-corrected chi connectivity index (χ3v) is 3.99. The van der Waals surface area contributed by atoms with E-state index in [1.807, 2.05) is 7.05 Å². The lowest BCUT2D eigenvalue weighted by atomic mass is 9.87. The van der Waals surface area contributed by atoms with E-state index < -0.39 is 0 Å². The topological polar surface area (TPSA) is 61.4 Å². The van der Waals surface area contributed by atoms with Gasteiger partial charge in [0.1, 0.15) is 0 Å². The molecule has 0 bridgehead atoms. The summed E-state index contributed by atoms with van der Waals surface area (Å²) in [4.78, 5) is 25.1. The number of carbonyl (C=O) groups is 2. The third kappa shape index (κ3) is 4.04. The van der Waals surface area contributed by atoms with Crippen molar-refractivity contribution in [3.8, 4) is 0 Å². The van der Waals surface area contributed by atoms with Crippen molar-refractivity contribution in [2.24, 2.45) is 0 Å². The average molecular weight is 289 g/mol. The highest BCUT2D eigenvalue weighted by Gasteiger charge is 2.24. The molecule has 114 valence electrons. The summed E-state index contributed by atoms with van der Waals surface area (Å²) in [7, 11) is 3.52. The maximum atomic E-state index is 11.9. The lowest BCUT2D eigenvalue weighted by molar-refractivity contribution is -0.126. The lowest BCUT2D eigenvalue weighted by Gasteiger charge is -2.32. The fourth-order valence-electron chi connectivity index (χ4n) is 2.85. The highest BCUT2D eigenvalue weighted by molar-refractivity contribution is 5.85. The summed E-state index contributed by atoms with van der Waals surface area (Å²) >= 11 is 0. The standard InChI is InChI=1S/C16H23N3O2/c1-17-15(20)10-18-16(21)11-19(2)14-9-5-7-12-6-3-4-8-13(12)14/h3-4,6,8,14H,5,7,9-11H2,1-2H3,(H,17,20)(H,18,21)/t14-/m0/s1. The van der Waals surface area contributed by atoms with Gasteiger partial charge in [-0.3, -0.25) is 14.5 Å². The van der Waals surface area contributed by atoms with Crippen LogP contribution in [-0.2, 0) is 16.0 Å². The SMILES string of the molecule is CNC(=O)CNC(=O)CN(C)[C@H]1CCCc2ccccc21. The summed E-state index contributed by atoms with van der Waals surface area (Å²) in [5, 5.41) is 5.12. The summed E-state index contributed by atoms with van der Waals surface area (Å²) in [5.74, 6) is -0.307. The van der Waals surface area contributed by atoms with Gasteiger partial charge in [-0.15, -0.1) is 0 Å². The Morgan fingerprint density at radius 2 is 2.05 bits per heavy atom. The molecule has 0 aliphatic heterocycles. The van der Waals surface area contributed by atoms with E-state index in [1.54, 1.807) is 7.05 Å². The molecule has 1 aromatic rings. The van der Waals surface area contributed by atoms with E-state index in [2.05, 4.69) is 39.8 Å². The van der Waals surface area contributed by atoms with Crippen molar-refractivity contribution in [1.82, 2.24) is 15.5 Å². The molecular weight excluding hydrogens is 266 g/mol. The van der Waals surface area contributed by atoms with Gasteiger partial charge in [-0.05, 0) is 37.4 Å². The Kier molecular flexibility index (Phi) is 5.33. The van der Waals surface area contributed by atoms with Crippen molar-refractivity contribution in [1.29, 1.82) is 0 Å². The second-order valence-corrected chi connectivity index (χ2v) is 5.47. The number of amides is 2. The van der Waals surface area contributed by atoms with Crippen LogP contribution in [0.4, 0.5) is 0 Å². The number of rotatable bonds is 5. The third-order valence-electron chi connectivity index (χ3n) is 3.99. The fraction of sp³-hybridized carbons (Fsp3) is 0.500. The first-order valence-electron chi connectivity index (χ1n) is 7.37. The molecule has 0 fully saturated rings. The van der Waals surface area contributed by atoms with E-state index in [0.29, 0.717) is 6.54 Å². The van der Waals surface area contributed by atoms with Gasteiger partial charge in [0.05, 0.1) is 13.1 Å². The van der Waals surface area contributed by atoms with E-state index in [9.17, 15) is 9.59 Å². The van der Waals surface area contributed by atoms with E-state index in [0.717, 1.165) is 19.3 Å². The zero-order valence-electron chi connectivity index (χ0n) is 12.7. The van der Waals surface area contributed by atoms with Crippen LogP contribution >= 0.6 is 0 Å². The molecule has 0 spiro atoms. The molecule has 0 saturated carbocycles. The number of fused-ring (bicyclic) bond motifs is 1. The number of likely N-dealkylation sites (N-methyl/N-ethyl adjacent to an activating group) is 2. The fourth-order valence-corrected chi connectivity index (χ4v) is 2.85. The van der Waals surface area contributed by atoms with Gasteiger partial charge in [0.25, 0.3) is 0 Å². The van der Waals surface area contributed by atoms with Gasteiger partial charge in [0, 0.05) is 13.1 Å². The van der Waals surface area contributed by atoms with E-state index in [4.69, 9.17) is 0 Å². The maximum absolute atomic E-state index is 11.9. The van der Waals surface area contributed by atoms with Crippen LogP contribution in [0.3, 0.4) is 0 Å². The van der Waals surface area contributed by atoms with Crippen molar-refractivity contribution in [2.75, 3.05) is 27.2 Å². The minimum atomic E-state index is -0.186. The number of hydrogen-bond acceptors (Lipinski definition) is 3. The summed E-state index contributed by atoms with van der Waals surface area (Å²) in [6, 6.07) is 8.72. The van der Waals surface area contributed by atoms with Crippen molar-refractivity contribution < 1.29 is 9.59 Å². The monoisotopic (exact) mass is 289 g/mol. The predicted octanol–water partition coefficient (Wildman–Crippen LogP) is 0.858. The van der Waals surface area contributed by atoms with Gasteiger partial charge in [-0.2, -0.15) is 0 Å². The molecular formula is C16H23N3O2. The van der Waals surface area contributed by atoms with Crippen LogP contribution in [0.25, 0.3) is 0 Å². The molecule has 1 aliphatic carbocycles. The van der Waals surface area contributed by atoms with Crippen LogP contribution in [-0.4, -0.2) is 43.9 Å². The first-order valence-corrected chi connectivity index (χ1v) is 7.37. The van der Waals surface area contributed by atoms with Crippen molar-refractivity contribution >= 4 is 11.8 Å². The highest BCUT2D eigenvalue weighted by atomic mass is 16.2. The smallest absolute Gasteiger partial charge is 0.239 e. The zero-order chi connectivity index (χ0) is 15.2. The van der Waals surface area contributed by atoms with Gasteiger partial charge in [-0.1, -0.05) is 24.3 Å². The highest BCUT2D eigenvalue weighted by Crippen LogP contribution is 2.33. The second kappa shape index (κ2) is 7.22. The first-order chi connectivity index (χ1) is 10.1. The van der Waals surface area contributed by atoms with Crippen LogP contribution in [0.5, 0.6) is 0 Å². The molecule has 0 radical (unpaired) electrons. The Morgan fingerprint density at radius 1 is 1.29 bits per heavy atom. The van der Waals surface area contributed by atoms with Gasteiger partial charge in [-0.25, -0.2) is 0 Å². The molecule has 1 aromatic carbocycles. The van der Waals surface area contributed by atoms with Crippen LogP contribution in [0.2, 0.25) is 0 Å². The maximum Gasteiger partial charge on any atom is 0.239 e. The average Bonchev–Trinajstić information content (AvgIpc) is 2.51. The molecule has 1 aliphatic rings. The number of hydrogen-bond donors (Lipinski definition) is 2. The van der Waals surface area contributed by atoms with Crippen molar-refractivity contribution in [3.05, 3.63) is 35.4 Å². The van der Waals surface area contributed by atoms with E-state index >= 15 is 0 Å². The molecule has 2 rings (SSSR count). The number of nitrogens with one attached hydrogen (secondary N) is 2. The van der Waals surface area contributed by atoms with Crippen LogP contribution in [0.1, 0.15) is 30.0 Å². The Labute approximate surface area is 125 Å².